The Bertz CT molecular complexity index is 343. The van der Waals surface area contributed by atoms with Crippen LogP contribution in [-0.4, -0.2) is 44.3 Å². The summed E-state index contributed by atoms with van der Waals surface area (Å²) in [5, 5.41) is 8.15. The number of rotatable bonds is 3. The van der Waals surface area contributed by atoms with Gasteiger partial charge in [0.2, 0.25) is 0 Å². The van der Waals surface area contributed by atoms with Gasteiger partial charge in [-0.05, 0) is 13.5 Å². The molecule has 0 saturated heterocycles. The average molecular weight is 288 g/mol. The number of aliphatic hydroxyl groups excluding tert-OH is 1. The standard InChI is InChI=1S/C5H8O2.C4H6O3.C4H6O2/c1-4(2)5(6)7-3;1-3(5)4(6)7-2;1-3-4(5)6-2/h1H2,2-3H3;5H,1H2,2H3;3H,1H2,2H3. The predicted molar refractivity (Wildman–Crippen MR) is 72.8 cm³/mol. The molecule has 0 heterocycles. The second kappa shape index (κ2) is 14.5. The molecule has 1 N–H and O–H groups in total. The molecule has 0 aromatic heterocycles. The maximum atomic E-state index is 10.2. The Morgan fingerprint density at radius 3 is 1.35 bits per heavy atom. The van der Waals surface area contributed by atoms with Crippen LogP contribution in [0, 0.1) is 0 Å². The molecule has 0 saturated carbocycles. The molecule has 0 aliphatic rings. The van der Waals surface area contributed by atoms with Gasteiger partial charge in [-0.1, -0.05) is 13.2 Å². The van der Waals surface area contributed by atoms with Crippen LogP contribution >= 0.6 is 0 Å². The Balaban J connectivity index is -0.000000218. The lowest BCUT2D eigenvalue weighted by molar-refractivity contribution is -0.139. The Morgan fingerprint density at radius 1 is 0.950 bits per heavy atom. The zero-order valence-electron chi connectivity index (χ0n) is 12.1. The van der Waals surface area contributed by atoms with Gasteiger partial charge in [0.05, 0.1) is 21.3 Å². The van der Waals surface area contributed by atoms with E-state index in [1.165, 1.54) is 21.3 Å². The van der Waals surface area contributed by atoms with Gasteiger partial charge in [0, 0.05) is 11.6 Å². The van der Waals surface area contributed by atoms with Crippen molar-refractivity contribution in [2.75, 3.05) is 21.3 Å². The number of aliphatic hydroxyl groups is 1. The van der Waals surface area contributed by atoms with Crippen molar-refractivity contribution in [3.05, 3.63) is 37.1 Å². The molecule has 0 aliphatic carbocycles. The van der Waals surface area contributed by atoms with Crippen LogP contribution in [0.25, 0.3) is 0 Å². The number of hydrogen-bond donors (Lipinski definition) is 1. The van der Waals surface area contributed by atoms with Crippen LogP contribution in [0.4, 0.5) is 0 Å². The molecule has 0 rings (SSSR count). The summed E-state index contributed by atoms with van der Waals surface area (Å²) in [7, 11) is 3.81. The third-order valence-electron chi connectivity index (χ3n) is 1.32. The highest BCUT2D eigenvalue weighted by molar-refractivity contribution is 5.86. The highest BCUT2D eigenvalue weighted by Crippen LogP contribution is 1.87. The molecule has 7 nitrogen and oxygen atoms in total. The molecule has 0 atom stereocenters. The lowest BCUT2D eigenvalue weighted by atomic mass is 10.4. The molecule has 114 valence electrons. The van der Waals surface area contributed by atoms with Crippen LogP contribution in [-0.2, 0) is 28.6 Å². The van der Waals surface area contributed by atoms with Crippen molar-refractivity contribution in [3.8, 4) is 0 Å². The SMILES string of the molecule is C=C(C)C(=O)OC.C=C(O)C(=O)OC.C=CC(=O)OC. The molecule has 0 aliphatic heterocycles. The fourth-order valence-electron chi connectivity index (χ4n) is 0.375. The molecule has 0 bridgehead atoms. The topological polar surface area (TPSA) is 99.1 Å². The molecule has 7 heteroatoms. The lowest BCUT2D eigenvalue weighted by Gasteiger charge is -1.91. The highest BCUT2D eigenvalue weighted by atomic mass is 16.5. The van der Waals surface area contributed by atoms with Crippen LogP contribution < -0.4 is 0 Å². The van der Waals surface area contributed by atoms with E-state index in [1.807, 2.05) is 0 Å². The van der Waals surface area contributed by atoms with E-state index in [0.29, 0.717) is 5.57 Å². The maximum absolute atomic E-state index is 10.2. The Labute approximate surface area is 118 Å². The molecule has 0 aromatic carbocycles. The van der Waals surface area contributed by atoms with Gasteiger partial charge < -0.3 is 19.3 Å². The molecule has 0 amide bonds. The van der Waals surface area contributed by atoms with Crippen molar-refractivity contribution >= 4 is 17.9 Å². The molecule has 0 aromatic rings. The third kappa shape index (κ3) is 17.8. The molecule has 0 fully saturated rings. The van der Waals surface area contributed by atoms with E-state index in [0.717, 1.165) is 6.08 Å². The van der Waals surface area contributed by atoms with Crippen LogP contribution in [0.5, 0.6) is 0 Å². The number of carbonyl (C=O) groups is 3. The summed E-state index contributed by atoms with van der Waals surface area (Å²) in [5.41, 5.74) is 0.433. The van der Waals surface area contributed by atoms with Crippen LogP contribution in [0.3, 0.4) is 0 Å². The van der Waals surface area contributed by atoms with Gasteiger partial charge in [-0.3, -0.25) is 0 Å². The van der Waals surface area contributed by atoms with Gasteiger partial charge in [0.25, 0.3) is 0 Å². The lowest BCUT2D eigenvalue weighted by Crippen LogP contribution is -2.01. The van der Waals surface area contributed by atoms with E-state index < -0.39 is 17.7 Å². The van der Waals surface area contributed by atoms with E-state index in [-0.39, 0.29) is 5.97 Å². The summed E-state index contributed by atoms with van der Waals surface area (Å²) >= 11 is 0. The van der Waals surface area contributed by atoms with E-state index in [9.17, 15) is 14.4 Å². The number of ether oxygens (including phenoxy) is 3. The second-order valence-corrected chi connectivity index (χ2v) is 2.94. The van der Waals surface area contributed by atoms with Gasteiger partial charge in [-0.15, -0.1) is 0 Å². The Hall–Kier alpha value is -2.57. The summed E-state index contributed by atoms with van der Waals surface area (Å²) < 4.78 is 12.4. The van der Waals surface area contributed by atoms with Gasteiger partial charge in [-0.25, -0.2) is 14.4 Å². The summed E-state index contributed by atoms with van der Waals surface area (Å²) in [6.45, 7) is 11.0. The van der Waals surface area contributed by atoms with Crippen molar-refractivity contribution < 1.29 is 33.7 Å². The molecular formula is C13H20O7. The summed E-state index contributed by atoms with van der Waals surface area (Å²) in [5.74, 6) is -2.10. The Kier molecular flexibility index (Phi) is 16.4. The van der Waals surface area contributed by atoms with Gasteiger partial charge in [-0.2, -0.15) is 0 Å². The largest absolute Gasteiger partial charge is 0.502 e. The van der Waals surface area contributed by atoms with Crippen molar-refractivity contribution in [1.29, 1.82) is 0 Å². The van der Waals surface area contributed by atoms with Gasteiger partial charge in [0.15, 0.2) is 5.76 Å². The minimum absolute atomic E-state index is 0.347. The molecular weight excluding hydrogens is 268 g/mol. The van der Waals surface area contributed by atoms with E-state index >= 15 is 0 Å². The van der Waals surface area contributed by atoms with Crippen LogP contribution in [0.15, 0.2) is 37.1 Å². The maximum Gasteiger partial charge on any atom is 0.372 e. The van der Waals surface area contributed by atoms with Crippen molar-refractivity contribution in [2.24, 2.45) is 0 Å². The fraction of sp³-hybridized carbons (Fsp3) is 0.308. The molecule has 20 heavy (non-hydrogen) atoms. The Morgan fingerprint density at radius 2 is 1.35 bits per heavy atom. The van der Waals surface area contributed by atoms with Crippen molar-refractivity contribution in [2.45, 2.75) is 6.92 Å². The zero-order chi connectivity index (χ0) is 16.7. The summed E-state index contributed by atoms with van der Waals surface area (Å²) in [6, 6.07) is 0. The first-order chi connectivity index (χ1) is 9.17. The average Bonchev–Trinajstić information content (AvgIpc) is 2.45. The minimum Gasteiger partial charge on any atom is -0.502 e. The first-order valence-electron chi connectivity index (χ1n) is 5.08. The van der Waals surface area contributed by atoms with Crippen molar-refractivity contribution in [1.82, 2.24) is 0 Å². The zero-order valence-corrected chi connectivity index (χ0v) is 12.1. The third-order valence-corrected chi connectivity index (χ3v) is 1.32. The van der Waals surface area contributed by atoms with E-state index in [2.05, 4.69) is 33.9 Å². The van der Waals surface area contributed by atoms with Crippen LogP contribution in [0.1, 0.15) is 6.92 Å². The van der Waals surface area contributed by atoms with E-state index in [1.54, 1.807) is 6.92 Å². The second-order valence-electron chi connectivity index (χ2n) is 2.94. The number of esters is 3. The van der Waals surface area contributed by atoms with Gasteiger partial charge in [0.1, 0.15) is 0 Å². The smallest absolute Gasteiger partial charge is 0.372 e. The summed E-state index contributed by atoms with van der Waals surface area (Å²) in [4.78, 5) is 30.0. The fourth-order valence-corrected chi connectivity index (χ4v) is 0.375. The first kappa shape index (κ1) is 22.6. The number of hydrogen-bond acceptors (Lipinski definition) is 7. The molecule has 0 spiro atoms. The normalized spacial score (nSPS) is 7.40. The predicted octanol–water partition coefficient (Wildman–Crippen LogP) is 1.31. The number of methoxy groups -OCH3 is 3. The number of carbonyl (C=O) groups excluding carboxylic acids is 3. The first-order valence-corrected chi connectivity index (χ1v) is 5.08. The van der Waals surface area contributed by atoms with Crippen LogP contribution in [0.2, 0.25) is 0 Å². The quantitative estimate of drug-likeness (QED) is 0.362. The van der Waals surface area contributed by atoms with Crippen molar-refractivity contribution in [3.63, 3.8) is 0 Å². The molecule has 0 radical (unpaired) electrons. The monoisotopic (exact) mass is 288 g/mol. The summed E-state index contributed by atoms with van der Waals surface area (Å²) in [6.07, 6.45) is 1.11. The highest BCUT2D eigenvalue weighted by Gasteiger charge is 1.99. The van der Waals surface area contributed by atoms with Gasteiger partial charge >= 0.3 is 17.9 Å². The minimum atomic E-state index is -0.792. The van der Waals surface area contributed by atoms with E-state index in [4.69, 9.17) is 5.11 Å². The molecule has 0 unspecified atom stereocenters.